The Kier molecular flexibility index (Phi) is 7.54. The molecule has 4 rings (SSSR count). The first kappa shape index (κ1) is 23.2. The summed E-state index contributed by atoms with van der Waals surface area (Å²) in [5.74, 6) is -0.688. The summed E-state index contributed by atoms with van der Waals surface area (Å²) < 4.78 is 0. The smallest absolute Gasteiger partial charge is 0.303 e. The normalized spacial score (nSPS) is 17.9. The van der Waals surface area contributed by atoms with Crippen LogP contribution in [0.25, 0.3) is 11.3 Å². The molecule has 0 radical (unpaired) electrons. The number of piperidine rings is 1. The van der Waals surface area contributed by atoms with Crippen molar-refractivity contribution in [1.82, 2.24) is 10.2 Å². The fraction of sp³-hybridized carbons (Fsp3) is 0.414. The van der Waals surface area contributed by atoms with E-state index in [0.29, 0.717) is 6.04 Å². The van der Waals surface area contributed by atoms with Crippen LogP contribution in [0.5, 0.6) is 0 Å². The van der Waals surface area contributed by atoms with Crippen LogP contribution in [-0.2, 0) is 4.79 Å². The summed E-state index contributed by atoms with van der Waals surface area (Å²) >= 11 is 0. The highest BCUT2D eigenvalue weighted by molar-refractivity contribution is 5.96. The summed E-state index contributed by atoms with van der Waals surface area (Å²) in [4.78, 5) is 13.3. The molecule has 0 spiro atoms. The number of aliphatic carboxylic acids is 1. The molecule has 1 unspecified atom stereocenters. The number of carboxylic acids is 1. The Hall–Kier alpha value is -3.01. The SMILES string of the molecule is Cc1ccc(C2=C(c3ccc(C)cc3)NC3CCCN(CCCCCCC(=O)O)C3=C2)cc1. The van der Waals surface area contributed by atoms with Gasteiger partial charge in [-0.1, -0.05) is 72.5 Å². The lowest BCUT2D eigenvalue weighted by Crippen LogP contribution is -2.45. The van der Waals surface area contributed by atoms with Gasteiger partial charge in [-0.2, -0.15) is 0 Å². The number of rotatable bonds is 9. The van der Waals surface area contributed by atoms with Gasteiger partial charge in [0.15, 0.2) is 0 Å². The van der Waals surface area contributed by atoms with Gasteiger partial charge in [-0.25, -0.2) is 0 Å². The first-order chi connectivity index (χ1) is 16.0. The first-order valence-corrected chi connectivity index (χ1v) is 12.3. The average molecular weight is 445 g/mol. The maximum Gasteiger partial charge on any atom is 0.303 e. The molecule has 2 aromatic rings. The van der Waals surface area contributed by atoms with Crippen LogP contribution in [0.2, 0.25) is 0 Å². The number of nitrogens with zero attached hydrogens (tertiary/aromatic N) is 1. The van der Waals surface area contributed by atoms with Gasteiger partial charge >= 0.3 is 5.97 Å². The van der Waals surface area contributed by atoms with Gasteiger partial charge in [-0.05, 0) is 56.7 Å². The largest absolute Gasteiger partial charge is 0.481 e. The maximum absolute atomic E-state index is 10.7. The molecule has 4 heteroatoms. The zero-order valence-corrected chi connectivity index (χ0v) is 19.9. The average Bonchev–Trinajstić information content (AvgIpc) is 2.81. The minimum absolute atomic E-state index is 0.285. The highest BCUT2D eigenvalue weighted by atomic mass is 16.4. The van der Waals surface area contributed by atoms with Crippen molar-refractivity contribution in [1.29, 1.82) is 0 Å². The van der Waals surface area contributed by atoms with Crippen molar-refractivity contribution in [3.63, 3.8) is 0 Å². The van der Waals surface area contributed by atoms with E-state index in [-0.39, 0.29) is 6.42 Å². The fourth-order valence-corrected chi connectivity index (χ4v) is 4.89. The number of benzene rings is 2. The molecule has 1 fully saturated rings. The third kappa shape index (κ3) is 5.87. The number of aryl methyl sites for hydroxylation is 2. The van der Waals surface area contributed by atoms with E-state index in [1.165, 1.54) is 45.6 Å². The lowest BCUT2D eigenvalue weighted by molar-refractivity contribution is -0.137. The molecule has 0 bridgehead atoms. The van der Waals surface area contributed by atoms with Crippen LogP contribution in [0, 0.1) is 13.8 Å². The Morgan fingerprint density at radius 3 is 2.24 bits per heavy atom. The van der Waals surface area contributed by atoms with Crippen LogP contribution in [0.3, 0.4) is 0 Å². The monoisotopic (exact) mass is 444 g/mol. The van der Waals surface area contributed by atoms with Gasteiger partial charge in [0, 0.05) is 36.5 Å². The molecule has 174 valence electrons. The van der Waals surface area contributed by atoms with Gasteiger partial charge in [0.2, 0.25) is 0 Å². The van der Waals surface area contributed by atoms with Crippen LogP contribution >= 0.6 is 0 Å². The Morgan fingerprint density at radius 2 is 1.58 bits per heavy atom. The third-order valence-corrected chi connectivity index (χ3v) is 6.79. The van der Waals surface area contributed by atoms with E-state index in [1.54, 1.807) is 0 Å². The van der Waals surface area contributed by atoms with E-state index in [1.807, 2.05) is 0 Å². The lowest BCUT2D eigenvalue weighted by Gasteiger charge is -2.41. The van der Waals surface area contributed by atoms with Crippen LogP contribution < -0.4 is 5.32 Å². The standard InChI is InChI=1S/C29H36N2O2/c1-21-10-14-23(15-11-21)25-20-27-26(30-29(25)24-16-12-22(2)13-17-24)8-7-19-31(27)18-6-4-3-5-9-28(32)33/h10-17,20,26,30H,3-9,18-19H2,1-2H3,(H,32,33). The summed E-state index contributed by atoms with van der Waals surface area (Å²) in [6.45, 7) is 6.40. The number of allylic oxidation sites excluding steroid dienone is 2. The molecule has 2 N–H and O–H groups in total. The quantitative estimate of drug-likeness (QED) is 0.455. The predicted octanol–water partition coefficient (Wildman–Crippen LogP) is 6.16. The lowest BCUT2D eigenvalue weighted by atomic mass is 9.89. The summed E-state index contributed by atoms with van der Waals surface area (Å²) in [5, 5.41) is 12.7. The molecule has 2 heterocycles. The highest BCUT2D eigenvalue weighted by Crippen LogP contribution is 2.36. The van der Waals surface area contributed by atoms with Gasteiger partial charge in [0.05, 0.1) is 6.04 Å². The molecule has 1 atom stereocenters. The van der Waals surface area contributed by atoms with E-state index in [4.69, 9.17) is 5.11 Å². The van der Waals surface area contributed by atoms with Gasteiger partial charge in [-0.15, -0.1) is 0 Å². The second-order valence-electron chi connectivity index (χ2n) is 9.47. The molecular weight excluding hydrogens is 408 g/mol. The number of dihydropyridines is 1. The predicted molar refractivity (Wildman–Crippen MR) is 136 cm³/mol. The Bertz CT molecular complexity index is 1020. The van der Waals surface area contributed by atoms with Gasteiger partial charge in [0.25, 0.3) is 0 Å². The number of hydrogen-bond donors (Lipinski definition) is 2. The summed E-state index contributed by atoms with van der Waals surface area (Å²) in [6.07, 6.45) is 9.02. The minimum atomic E-state index is -0.688. The van der Waals surface area contributed by atoms with Gasteiger partial charge < -0.3 is 15.3 Å². The van der Waals surface area contributed by atoms with E-state index in [9.17, 15) is 4.79 Å². The third-order valence-electron chi connectivity index (χ3n) is 6.79. The van der Waals surface area contributed by atoms with Crippen LogP contribution in [0.15, 0.2) is 60.3 Å². The molecule has 2 aliphatic heterocycles. The number of fused-ring (bicyclic) bond motifs is 1. The molecule has 0 amide bonds. The number of unbranched alkanes of at least 4 members (excludes halogenated alkanes) is 3. The van der Waals surface area contributed by atoms with Crippen molar-refractivity contribution in [2.75, 3.05) is 13.1 Å². The van der Waals surface area contributed by atoms with E-state index >= 15 is 0 Å². The number of likely N-dealkylation sites (tertiary alicyclic amines) is 1. The summed E-state index contributed by atoms with van der Waals surface area (Å²) in [7, 11) is 0. The Labute approximate surface area is 198 Å². The second kappa shape index (κ2) is 10.7. The molecule has 0 aliphatic carbocycles. The first-order valence-electron chi connectivity index (χ1n) is 12.3. The second-order valence-corrected chi connectivity index (χ2v) is 9.47. The maximum atomic E-state index is 10.7. The molecule has 4 nitrogen and oxygen atoms in total. The Balaban J connectivity index is 1.58. The van der Waals surface area contributed by atoms with Gasteiger partial charge in [0.1, 0.15) is 0 Å². The van der Waals surface area contributed by atoms with Crippen molar-refractivity contribution in [2.24, 2.45) is 0 Å². The molecule has 0 saturated carbocycles. The number of hydrogen-bond acceptors (Lipinski definition) is 3. The topological polar surface area (TPSA) is 52.6 Å². The molecular formula is C29H36N2O2. The van der Waals surface area contributed by atoms with Crippen molar-refractivity contribution >= 4 is 17.2 Å². The number of carbonyl (C=O) groups is 1. The van der Waals surface area contributed by atoms with Crippen LogP contribution in [0.1, 0.15) is 67.2 Å². The van der Waals surface area contributed by atoms with Crippen molar-refractivity contribution < 1.29 is 9.90 Å². The Morgan fingerprint density at radius 1 is 0.939 bits per heavy atom. The number of carboxylic acid groups (broad SMARTS) is 1. The summed E-state index contributed by atoms with van der Waals surface area (Å²) in [6, 6.07) is 18.0. The van der Waals surface area contributed by atoms with Crippen LogP contribution in [0.4, 0.5) is 0 Å². The summed E-state index contributed by atoms with van der Waals surface area (Å²) in [5.41, 5.74) is 8.92. The zero-order chi connectivity index (χ0) is 23.2. The molecule has 0 aromatic heterocycles. The molecule has 1 saturated heterocycles. The van der Waals surface area contributed by atoms with Gasteiger partial charge in [-0.3, -0.25) is 4.79 Å². The van der Waals surface area contributed by atoms with Crippen molar-refractivity contribution in [3.8, 4) is 0 Å². The van der Waals surface area contributed by atoms with E-state index < -0.39 is 5.97 Å². The van der Waals surface area contributed by atoms with Crippen molar-refractivity contribution in [2.45, 2.75) is 64.8 Å². The fourth-order valence-electron chi connectivity index (χ4n) is 4.89. The van der Waals surface area contributed by atoms with E-state index in [2.05, 4.69) is 78.7 Å². The molecule has 2 aromatic carbocycles. The minimum Gasteiger partial charge on any atom is -0.481 e. The van der Waals surface area contributed by atoms with Crippen molar-refractivity contribution in [3.05, 3.63) is 82.6 Å². The highest BCUT2D eigenvalue weighted by Gasteiger charge is 2.30. The zero-order valence-electron chi connectivity index (χ0n) is 19.9. The molecule has 2 aliphatic rings. The molecule has 33 heavy (non-hydrogen) atoms. The van der Waals surface area contributed by atoms with E-state index in [0.717, 1.165) is 45.2 Å². The number of nitrogens with one attached hydrogen (secondary N) is 1. The van der Waals surface area contributed by atoms with Crippen LogP contribution in [-0.4, -0.2) is 35.1 Å².